The number of aliphatic hydroxyl groups is 1. The molecule has 22 heavy (non-hydrogen) atoms. The molecule has 0 saturated carbocycles. The summed E-state index contributed by atoms with van der Waals surface area (Å²) < 4.78 is 0.933. The van der Waals surface area contributed by atoms with E-state index in [-0.39, 0.29) is 0 Å². The SMILES string of the molecule is C[C@@H](NC(=O)Nc1cccc(Cl)c1)[C@H](O)c1ccc(Br)cc1. The minimum Gasteiger partial charge on any atom is -0.386 e. The van der Waals surface area contributed by atoms with Crippen LogP contribution >= 0.6 is 27.5 Å². The fourth-order valence-corrected chi connectivity index (χ4v) is 2.42. The molecule has 2 aromatic carbocycles. The van der Waals surface area contributed by atoms with E-state index in [2.05, 4.69) is 26.6 Å². The molecular weight excluding hydrogens is 368 g/mol. The molecule has 0 spiro atoms. The van der Waals surface area contributed by atoms with E-state index in [9.17, 15) is 9.90 Å². The van der Waals surface area contributed by atoms with E-state index in [0.29, 0.717) is 10.7 Å². The molecule has 3 N–H and O–H groups in total. The van der Waals surface area contributed by atoms with Gasteiger partial charge in [-0.25, -0.2) is 4.79 Å². The van der Waals surface area contributed by atoms with Gasteiger partial charge in [0.2, 0.25) is 0 Å². The first kappa shape index (κ1) is 16.8. The number of urea groups is 1. The molecule has 2 atom stereocenters. The number of carbonyl (C=O) groups is 1. The van der Waals surface area contributed by atoms with Crippen molar-refractivity contribution in [2.45, 2.75) is 19.1 Å². The van der Waals surface area contributed by atoms with Crippen LogP contribution in [0.4, 0.5) is 10.5 Å². The molecule has 0 radical (unpaired) electrons. The minimum atomic E-state index is -0.793. The van der Waals surface area contributed by atoms with Crippen LogP contribution in [-0.4, -0.2) is 17.2 Å². The van der Waals surface area contributed by atoms with Crippen molar-refractivity contribution in [3.8, 4) is 0 Å². The fraction of sp³-hybridized carbons (Fsp3) is 0.188. The molecule has 0 fully saturated rings. The molecule has 0 aromatic heterocycles. The van der Waals surface area contributed by atoms with E-state index in [4.69, 9.17) is 11.6 Å². The third kappa shape index (κ3) is 4.73. The van der Waals surface area contributed by atoms with Crippen LogP contribution in [0.2, 0.25) is 5.02 Å². The predicted molar refractivity (Wildman–Crippen MR) is 92.2 cm³/mol. The van der Waals surface area contributed by atoms with Crippen LogP contribution < -0.4 is 10.6 Å². The highest BCUT2D eigenvalue weighted by atomic mass is 79.9. The van der Waals surface area contributed by atoms with E-state index in [1.807, 2.05) is 24.3 Å². The maximum atomic E-state index is 11.9. The number of aliphatic hydroxyl groups excluding tert-OH is 1. The predicted octanol–water partition coefficient (Wildman–Crippen LogP) is 4.35. The summed E-state index contributed by atoms with van der Waals surface area (Å²) in [6.45, 7) is 1.74. The van der Waals surface area contributed by atoms with Gasteiger partial charge in [-0.2, -0.15) is 0 Å². The number of amides is 2. The Labute approximate surface area is 142 Å². The van der Waals surface area contributed by atoms with E-state index in [1.54, 1.807) is 31.2 Å². The van der Waals surface area contributed by atoms with E-state index in [1.165, 1.54) is 0 Å². The molecule has 0 unspecified atom stereocenters. The van der Waals surface area contributed by atoms with Crippen molar-refractivity contribution < 1.29 is 9.90 Å². The van der Waals surface area contributed by atoms with Crippen molar-refractivity contribution in [3.05, 3.63) is 63.6 Å². The van der Waals surface area contributed by atoms with E-state index in [0.717, 1.165) is 10.0 Å². The monoisotopic (exact) mass is 382 g/mol. The number of hydrogen-bond acceptors (Lipinski definition) is 2. The lowest BCUT2D eigenvalue weighted by Gasteiger charge is -2.21. The summed E-state index contributed by atoms with van der Waals surface area (Å²) in [7, 11) is 0. The Balaban J connectivity index is 1.94. The van der Waals surface area contributed by atoms with Gasteiger partial charge in [-0.05, 0) is 42.8 Å². The molecule has 2 amide bonds. The molecule has 0 aliphatic rings. The van der Waals surface area contributed by atoms with Crippen LogP contribution in [0, 0.1) is 0 Å². The molecule has 0 aliphatic carbocycles. The highest BCUT2D eigenvalue weighted by Crippen LogP contribution is 2.20. The highest BCUT2D eigenvalue weighted by Gasteiger charge is 2.18. The van der Waals surface area contributed by atoms with Crippen molar-refractivity contribution in [1.29, 1.82) is 0 Å². The average molecular weight is 384 g/mol. The molecule has 6 heteroatoms. The molecular formula is C16H16BrClN2O2. The summed E-state index contributed by atoms with van der Waals surface area (Å²) in [4.78, 5) is 11.9. The third-order valence-electron chi connectivity index (χ3n) is 3.13. The second-order valence-electron chi connectivity index (χ2n) is 4.89. The molecule has 2 rings (SSSR count). The molecule has 0 saturated heterocycles. The average Bonchev–Trinajstić information content (AvgIpc) is 2.47. The van der Waals surface area contributed by atoms with Crippen molar-refractivity contribution in [3.63, 3.8) is 0 Å². The zero-order valence-corrected chi connectivity index (χ0v) is 14.2. The number of rotatable bonds is 4. The Morgan fingerprint density at radius 1 is 1.23 bits per heavy atom. The van der Waals surface area contributed by atoms with Crippen molar-refractivity contribution >= 4 is 39.2 Å². The first-order chi connectivity index (χ1) is 10.5. The lowest BCUT2D eigenvalue weighted by Crippen LogP contribution is -2.39. The Morgan fingerprint density at radius 3 is 2.55 bits per heavy atom. The number of halogens is 2. The number of anilines is 1. The summed E-state index contributed by atoms with van der Waals surface area (Å²) in [6, 6.07) is 13.3. The third-order valence-corrected chi connectivity index (χ3v) is 3.89. The largest absolute Gasteiger partial charge is 0.386 e. The molecule has 0 aliphatic heterocycles. The summed E-state index contributed by atoms with van der Waals surface area (Å²) in [5, 5.41) is 16.2. The van der Waals surface area contributed by atoms with Crippen LogP contribution in [0.15, 0.2) is 53.0 Å². The van der Waals surface area contributed by atoms with Crippen LogP contribution in [0.25, 0.3) is 0 Å². The lowest BCUT2D eigenvalue weighted by molar-refractivity contribution is 0.139. The van der Waals surface area contributed by atoms with Gasteiger partial charge in [0, 0.05) is 15.2 Å². The minimum absolute atomic E-state index is 0.397. The summed E-state index contributed by atoms with van der Waals surface area (Å²) in [5.41, 5.74) is 1.33. The first-order valence-corrected chi connectivity index (χ1v) is 7.89. The summed E-state index contributed by atoms with van der Waals surface area (Å²) in [6.07, 6.45) is -0.793. The molecule has 0 heterocycles. The molecule has 0 bridgehead atoms. The number of nitrogens with one attached hydrogen (secondary N) is 2. The van der Waals surface area contributed by atoms with Crippen molar-refractivity contribution in [2.75, 3.05) is 5.32 Å². The van der Waals surface area contributed by atoms with Gasteiger partial charge in [-0.15, -0.1) is 0 Å². The standard InChI is InChI=1S/C16H16BrClN2O2/c1-10(15(21)11-5-7-12(17)8-6-11)19-16(22)20-14-4-2-3-13(18)9-14/h2-10,15,21H,1H3,(H2,19,20,22)/t10-,15+/m1/s1. The smallest absolute Gasteiger partial charge is 0.319 e. The number of hydrogen-bond donors (Lipinski definition) is 3. The first-order valence-electron chi connectivity index (χ1n) is 6.72. The zero-order chi connectivity index (χ0) is 16.1. The second-order valence-corrected chi connectivity index (χ2v) is 6.25. The van der Waals surface area contributed by atoms with Gasteiger partial charge in [-0.1, -0.05) is 45.7 Å². The lowest BCUT2D eigenvalue weighted by atomic mass is 10.0. The molecule has 116 valence electrons. The van der Waals surface area contributed by atoms with E-state index < -0.39 is 18.2 Å². The van der Waals surface area contributed by atoms with Gasteiger partial charge in [0.05, 0.1) is 12.1 Å². The topological polar surface area (TPSA) is 61.4 Å². The Bertz CT molecular complexity index is 649. The summed E-state index contributed by atoms with van der Waals surface area (Å²) >= 11 is 9.20. The normalized spacial score (nSPS) is 13.3. The van der Waals surface area contributed by atoms with Gasteiger partial charge in [-0.3, -0.25) is 0 Å². The quantitative estimate of drug-likeness (QED) is 0.735. The summed E-state index contributed by atoms with van der Waals surface area (Å²) in [5.74, 6) is 0. The van der Waals surface area contributed by atoms with Crippen LogP contribution in [-0.2, 0) is 0 Å². The molecule has 2 aromatic rings. The van der Waals surface area contributed by atoms with Gasteiger partial charge in [0.25, 0.3) is 0 Å². The maximum Gasteiger partial charge on any atom is 0.319 e. The van der Waals surface area contributed by atoms with Crippen molar-refractivity contribution in [2.24, 2.45) is 0 Å². The van der Waals surface area contributed by atoms with Gasteiger partial charge >= 0.3 is 6.03 Å². The number of carbonyl (C=O) groups excluding carboxylic acids is 1. The van der Waals surface area contributed by atoms with Crippen LogP contribution in [0.1, 0.15) is 18.6 Å². The Hall–Kier alpha value is -1.56. The van der Waals surface area contributed by atoms with Crippen molar-refractivity contribution in [1.82, 2.24) is 5.32 Å². The van der Waals surface area contributed by atoms with Crippen LogP contribution in [0.5, 0.6) is 0 Å². The highest BCUT2D eigenvalue weighted by molar-refractivity contribution is 9.10. The second kappa shape index (κ2) is 7.63. The zero-order valence-electron chi connectivity index (χ0n) is 11.9. The Kier molecular flexibility index (Phi) is 5.83. The fourth-order valence-electron chi connectivity index (χ4n) is 1.97. The van der Waals surface area contributed by atoms with Crippen LogP contribution in [0.3, 0.4) is 0 Å². The van der Waals surface area contributed by atoms with Gasteiger partial charge in [0.15, 0.2) is 0 Å². The van der Waals surface area contributed by atoms with Gasteiger partial charge < -0.3 is 15.7 Å². The molecule has 4 nitrogen and oxygen atoms in total. The van der Waals surface area contributed by atoms with E-state index >= 15 is 0 Å². The van der Waals surface area contributed by atoms with Gasteiger partial charge in [0.1, 0.15) is 0 Å². The maximum absolute atomic E-state index is 11.9. The Morgan fingerprint density at radius 2 is 1.91 bits per heavy atom. The number of benzene rings is 2.